The second-order valence-corrected chi connectivity index (χ2v) is 7.62. The van der Waals surface area contributed by atoms with E-state index in [9.17, 15) is 19.7 Å². The summed E-state index contributed by atoms with van der Waals surface area (Å²) in [6, 6.07) is 5.83. The minimum Gasteiger partial charge on any atom is -0.466 e. The summed E-state index contributed by atoms with van der Waals surface area (Å²) in [6.45, 7) is 8.69. The lowest BCUT2D eigenvalue weighted by Gasteiger charge is -2.31. The number of carbonyl (C=O) groups excluding carboxylic acids is 2. The molecule has 0 saturated heterocycles. The van der Waals surface area contributed by atoms with E-state index in [4.69, 9.17) is 9.57 Å². The number of hydroxylamine groups is 1. The Kier molecular flexibility index (Phi) is 6.43. The zero-order chi connectivity index (χ0) is 21.9. The van der Waals surface area contributed by atoms with Crippen molar-refractivity contribution < 1.29 is 24.1 Å². The van der Waals surface area contributed by atoms with E-state index in [0.29, 0.717) is 17.0 Å². The third-order valence-electron chi connectivity index (χ3n) is 4.27. The number of esters is 1. The van der Waals surface area contributed by atoms with Gasteiger partial charge in [-0.1, -0.05) is 12.1 Å². The highest BCUT2D eigenvalue weighted by atomic mass is 16.7. The standard InChI is InChI=1S/C20H25N3O6/c1-11-15(18(24)22-29-20(3,4)5)17(16(12(2)21-11)19(25)28-6)13-8-7-9-14(10-13)23(26)27/h7-10,17,21H,1-6H3,(H,22,24). The van der Waals surface area contributed by atoms with Gasteiger partial charge in [0.1, 0.15) is 0 Å². The van der Waals surface area contributed by atoms with E-state index >= 15 is 0 Å². The molecule has 2 N–H and O–H groups in total. The van der Waals surface area contributed by atoms with Gasteiger partial charge in [-0.25, -0.2) is 10.3 Å². The van der Waals surface area contributed by atoms with Crippen molar-refractivity contribution in [3.8, 4) is 0 Å². The molecular weight excluding hydrogens is 378 g/mol. The van der Waals surface area contributed by atoms with Crippen molar-refractivity contribution in [3.05, 3.63) is 62.5 Å². The number of benzene rings is 1. The maximum absolute atomic E-state index is 13.0. The number of allylic oxidation sites excluding steroid dienone is 2. The first-order valence-electron chi connectivity index (χ1n) is 8.96. The molecule has 1 amide bonds. The molecule has 156 valence electrons. The second kappa shape index (κ2) is 8.44. The first kappa shape index (κ1) is 22.1. The SMILES string of the molecule is COC(=O)C1=C(C)NC(C)=C(C(=O)NOC(C)(C)C)C1c1cccc([N+](=O)[O-])c1. The zero-order valence-electron chi connectivity index (χ0n) is 17.3. The largest absolute Gasteiger partial charge is 0.466 e. The molecule has 9 nitrogen and oxygen atoms in total. The molecule has 0 radical (unpaired) electrons. The predicted molar refractivity (Wildman–Crippen MR) is 105 cm³/mol. The van der Waals surface area contributed by atoms with Crippen LogP contribution in [-0.4, -0.2) is 29.5 Å². The first-order chi connectivity index (χ1) is 13.5. The van der Waals surface area contributed by atoms with Crippen LogP contribution in [0.3, 0.4) is 0 Å². The molecule has 1 heterocycles. The molecule has 29 heavy (non-hydrogen) atoms. The van der Waals surface area contributed by atoms with E-state index < -0.39 is 28.3 Å². The molecule has 0 saturated carbocycles. The number of nitro groups is 1. The van der Waals surface area contributed by atoms with Crippen LogP contribution in [-0.2, 0) is 19.2 Å². The number of nitrogens with zero attached hydrogens (tertiary/aromatic N) is 1. The Morgan fingerprint density at radius 2 is 1.79 bits per heavy atom. The number of nitrogens with one attached hydrogen (secondary N) is 2. The number of ether oxygens (including phenoxy) is 1. The van der Waals surface area contributed by atoms with E-state index in [1.54, 1.807) is 40.7 Å². The lowest BCUT2D eigenvalue weighted by atomic mass is 9.80. The summed E-state index contributed by atoms with van der Waals surface area (Å²) >= 11 is 0. The normalized spacial score (nSPS) is 17.0. The summed E-state index contributed by atoms with van der Waals surface area (Å²) in [6.07, 6.45) is 0. The van der Waals surface area contributed by atoms with Crippen LogP contribution in [0.4, 0.5) is 5.69 Å². The maximum Gasteiger partial charge on any atom is 0.336 e. The Morgan fingerprint density at radius 3 is 2.34 bits per heavy atom. The molecule has 0 spiro atoms. The fourth-order valence-corrected chi connectivity index (χ4v) is 3.08. The molecule has 1 aromatic rings. The molecule has 1 unspecified atom stereocenters. The average Bonchev–Trinajstić information content (AvgIpc) is 2.64. The molecule has 9 heteroatoms. The molecule has 2 rings (SSSR count). The molecule has 0 aliphatic carbocycles. The number of rotatable bonds is 5. The van der Waals surface area contributed by atoms with Crippen LogP contribution in [0.5, 0.6) is 0 Å². The first-order valence-corrected chi connectivity index (χ1v) is 8.96. The summed E-state index contributed by atoms with van der Waals surface area (Å²) in [7, 11) is 1.24. The molecule has 1 aliphatic heterocycles. The monoisotopic (exact) mass is 403 g/mol. The van der Waals surface area contributed by atoms with Gasteiger partial charge in [-0.3, -0.25) is 19.7 Å². The van der Waals surface area contributed by atoms with Gasteiger partial charge in [0, 0.05) is 23.5 Å². The van der Waals surface area contributed by atoms with Crippen molar-refractivity contribution in [2.24, 2.45) is 0 Å². The number of non-ortho nitro benzene ring substituents is 1. The molecule has 0 aromatic heterocycles. The molecule has 0 fully saturated rings. The van der Waals surface area contributed by atoms with Crippen LogP contribution in [0.1, 0.15) is 46.1 Å². The highest BCUT2D eigenvalue weighted by Gasteiger charge is 2.38. The highest BCUT2D eigenvalue weighted by molar-refractivity contribution is 6.01. The minimum atomic E-state index is -0.868. The summed E-state index contributed by atoms with van der Waals surface area (Å²) in [5.41, 5.74) is 3.45. The van der Waals surface area contributed by atoms with Crippen LogP contribution in [0.15, 0.2) is 46.8 Å². The Bertz CT molecular complexity index is 911. The number of dihydropyridines is 1. The number of methoxy groups -OCH3 is 1. The molecule has 1 aromatic carbocycles. The van der Waals surface area contributed by atoms with Gasteiger partial charge in [-0.05, 0) is 40.2 Å². The average molecular weight is 403 g/mol. The van der Waals surface area contributed by atoms with Crippen LogP contribution < -0.4 is 10.8 Å². The third-order valence-corrected chi connectivity index (χ3v) is 4.27. The summed E-state index contributed by atoms with van der Waals surface area (Å²) < 4.78 is 4.91. The van der Waals surface area contributed by atoms with Crippen LogP contribution >= 0.6 is 0 Å². The molecule has 1 aliphatic rings. The Hall–Kier alpha value is -3.20. The number of nitro benzene ring substituents is 1. The van der Waals surface area contributed by atoms with E-state index in [-0.39, 0.29) is 16.8 Å². The van der Waals surface area contributed by atoms with E-state index in [0.717, 1.165) is 0 Å². The number of hydrogen-bond donors (Lipinski definition) is 2. The van der Waals surface area contributed by atoms with E-state index in [2.05, 4.69) is 10.8 Å². The number of carbonyl (C=O) groups is 2. The van der Waals surface area contributed by atoms with Gasteiger partial charge in [0.25, 0.3) is 11.6 Å². The molecular formula is C20H25N3O6. The lowest BCUT2D eigenvalue weighted by molar-refractivity contribution is -0.384. The van der Waals surface area contributed by atoms with Crippen molar-refractivity contribution >= 4 is 17.6 Å². The van der Waals surface area contributed by atoms with Gasteiger partial charge in [0.05, 0.1) is 34.7 Å². The summed E-state index contributed by atoms with van der Waals surface area (Å²) in [4.78, 5) is 41.6. The fourth-order valence-electron chi connectivity index (χ4n) is 3.08. The minimum absolute atomic E-state index is 0.147. The summed E-state index contributed by atoms with van der Waals surface area (Å²) in [5, 5.41) is 14.3. The lowest BCUT2D eigenvalue weighted by Crippen LogP contribution is -2.39. The van der Waals surface area contributed by atoms with Gasteiger partial charge in [0.15, 0.2) is 0 Å². The topological polar surface area (TPSA) is 120 Å². The van der Waals surface area contributed by atoms with Crippen molar-refractivity contribution in [1.29, 1.82) is 0 Å². The Morgan fingerprint density at radius 1 is 1.17 bits per heavy atom. The van der Waals surface area contributed by atoms with Crippen LogP contribution in [0.25, 0.3) is 0 Å². The van der Waals surface area contributed by atoms with Gasteiger partial charge >= 0.3 is 5.97 Å². The van der Waals surface area contributed by atoms with Gasteiger partial charge in [-0.15, -0.1) is 0 Å². The third kappa shape index (κ3) is 5.00. The van der Waals surface area contributed by atoms with Crippen LogP contribution in [0.2, 0.25) is 0 Å². The van der Waals surface area contributed by atoms with E-state index in [1.807, 2.05) is 0 Å². The van der Waals surface area contributed by atoms with E-state index in [1.165, 1.54) is 25.3 Å². The molecule has 1 atom stereocenters. The van der Waals surface area contributed by atoms with Crippen LogP contribution in [0, 0.1) is 10.1 Å². The van der Waals surface area contributed by atoms with Crippen molar-refractivity contribution in [2.45, 2.75) is 46.1 Å². The summed E-state index contributed by atoms with van der Waals surface area (Å²) in [5.74, 6) is -2.07. The second-order valence-electron chi connectivity index (χ2n) is 7.62. The van der Waals surface area contributed by atoms with Crippen molar-refractivity contribution in [2.75, 3.05) is 7.11 Å². The van der Waals surface area contributed by atoms with Gasteiger partial charge < -0.3 is 10.1 Å². The Labute approximate surface area is 168 Å². The maximum atomic E-state index is 13.0. The zero-order valence-corrected chi connectivity index (χ0v) is 17.3. The number of hydrogen-bond acceptors (Lipinski definition) is 7. The quantitative estimate of drug-likeness (QED) is 0.441. The smallest absolute Gasteiger partial charge is 0.336 e. The fraction of sp³-hybridized carbons (Fsp3) is 0.400. The van der Waals surface area contributed by atoms with Crippen molar-refractivity contribution in [1.82, 2.24) is 10.8 Å². The Balaban J connectivity index is 2.62. The van der Waals surface area contributed by atoms with Gasteiger partial charge in [-0.2, -0.15) is 0 Å². The predicted octanol–water partition coefficient (Wildman–Crippen LogP) is 2.85. The molecule has 0 bridgehead atoms. The highest BCUT2D eigenvalue weighted by Crippen LogP contribution is 2.39. The number of amides is 1. The van der Waals surface area contributed by atoms with Crippen molar-refractivity contribution in [3.63, 3.8) is 0 Å². The van der Waals surface area contributed by atoms with Gasteiger partial charge in [0.2, 0.25) is 0 Å².